The first kappa shape index (κ1) is 12.3. The van der Waals surface area contributed by atoms with Crippen LogP contribution in [0.4, 0.5) is 0 Å². The molecule has 0 fully saturated rings. The summed E-state index contributed by atoms with van der Waals surface area (Å²) in [5.41, 5.74) is 9.51. The van der Waals surface area contributed by atoms with E-state index in [0.29, 0.717) is 5.56 Å². The quantitative estimate of drug-likeness (QED) is 0.488. The molecule has 2 unspecified atom stereocenters. The summed E-state index contributed by atoms with van der Waals surface area (Å²) in [6, 6.07) is 8.97. The molecule has 0 radical (unpaired) electrons. The van der Waals surface area contributed by atoms with E-state index in [9.17, 15) is 10.2 Å². The zero-order valence-corrected chi connectivity index (χ0v) is 9.51. The molecule has 0 aliphatic heterocycles. The van der Waals surface area contributed by atoms with Gasteiger partial charge in [-0.2, -0.15) is 0 Å². The first-order valence-corrected chi connectivity index (χ1v) is 5.44. The number of benzene rings is 1. The van der Waals surface area contributed by atoms with Crippen molar-refractivity contribution in [1.29, 1.82) is 0 Å². The van der Waals surface area contributed by atoms with Crippen molar-refractivity contribution in [3.8, 4) is 0 Å². The largest absolute Gasteiger partial charge is 0.390 e. The number of aliphatic hydroxyl groups excluding tert-OH is 2. The SMILES string of the molecule is [N-]=[N+]=NCC(O)C(O)c1ccnc2ccccc12. The van der Waals surface area contributed by atoms with Crippen LogP contribution in [0.15, 0.2) is 41.6 Å². The molecule has 0 aliphatic carbocycles. The fourth-order valence-electron chi connectivity index (χ4n) is 1.80. The number of hydrogen-bond donors (Lipinski definition) is 2. The molecule has 18 heavy (non-hydrogen) atoms. The van der Waals surface area contributed by atoms with Gasteiger partial charge in [0.25, 0.3) is 0 Å². The average Bonchev–Trinajstić information content (AvgIpc) is 2.43. The molecule has 1 heterocycles. The van der Waals surface area contributed by atoms with Crippen LogP contribution in [0, 0.1) is 0 Å². The van der Waals surface area contributed by atoms with Crippen molar-refractivity contribution in [3.05, 3.63) is 52.5 Å². The molecular formula is C12H12N4O2. The number of rotatable bonds is 4. The Morgan fingerprint density at radius 1 is 1.28 bits per heavy atom. The van der Waals surface area contributed by atoms with E-state index in [1.165, 1.54) is 0 Å². The standard InChI is InChI=1S/C12H12N4O2/c13-16-15-7-11(17)12(18)9-5-6-14-10-4-2-1-3-8(9)10/h1-6,11-12,17-18H,7H2. The molecule has 0 spiro atoms. The Hall–Kier alpha value is -2.14. The van der Waals surface area contributed by atoms with E-state index in [1.807, 2.05) is 24.3 Å². The highest BCUT2D eigenvalue weighted by molar-refractivity contribution is 5.82. The second-order valence-corrected chi connectivity index (χ2v) is 3.84. The summed E-state index contributed by atoms with van der Waals surface area (Å²) in [6.07, 6.45) is -0.670. The minimum absolute atomic E-state index is 0.172. The number of pyridine rings is 1. The summed E-state index contributed by atoms with van der Waals surface area (Å²) in [4.78, 5) is 6.73. The lowest BCUT2D eigenvalue weighted by Gasteiger charge is -2.17. The lowest BCUT2D eigenvalue weighted by atomic mass is 10.0. The van der Waals surface area contributed by atoms with Crippen LogP contribution in [-0.2, 0) is 0 Å². The van der Waals surface area contributed by atoms with Crippen molar-refractivity contribution in [2.24, 2.45) is 5.11 Å². The first-order chi connectivity index (χ1) is 8.74. The highest BCUT2D eigenvalue weighted by Gasteiger charge is 2.19. The molecule has 0 saturated heterocycles. The molecule has 1 aromatic carbocycles. The van der Waals surface area contributed by atoms with Gasteiger partial charge in [-0.1, -0.05) is 23.3 Å². The minimum atomic E-state index is -1.13. The second kappa shape index (κ2) is 5.46. The van der Waals surface area contributed by atoms with E-state index in [-0.39, 0.29) is 6.54 Å². The summed E-state index contributed by atoms with van der Waals surface area (Å²) in [5.74, 6) is 0. The predicted octanol–water partition coefficient (Wildman–Crippen LogP) is 1.94. The third-order valence-corrected chi connectivity index (χ3v) is 2.70. The number of para-hydroxylation sites is 1. The van der Waals surface area contributed by atoms with Gasteiger partial charge in [0.1, 0.15) is 6.10 Å². The van der Waals surface area contributed by atoms with Crippen LogP contribution in [0.5, 0.6) is 0 Å². The Labute approximate surface area is 103 Å². The van der Waals surface area contributed by atoms with Gasteiger partial charge in [-0.15, -0.1) is 0 Å². The van der Waals surface area contributed by atoms with Gasteiger partial charge in [0.2, 0.25) is 0 Å². The van der Waals surface area contributed by atoms with Crippen molar-refractivity contribution >= 4 is 10.9 Å². The monoisotopic (exact) mass is 244 g/mol. The van der Waals surface area contributed by atoms with Gasteiger partial charge in [-0.3, -0.25) is 4.98 Å². The molecule has 92 valence electrons. The molecule has 2 aromatic rings. The maximum absolute atomic E-state index is 10.1. The van der Waals surface area contributed by atoms with Crippen molar-refractivity contribution in [1.82, 2.24) is 4.98 Å². The number of nitrogens with zero attached hydrogens (tertiary/aromatic N) is 4. The third-order valence-electron chi connectivity index (χ3n) is 2.70. The van der Waals surface area contributed by atoms with Crippen LogP contribution in [0.1, 0.15) is 11.7 Å². The third kappa shape index (κ3) is 2.41. The molecule has 6 nitrogen and oxygen atoms in total. The molecule has 0 amide bonds. The van der Waals surface area contributed by atoms with E-state index in [4.69, 9.17) is 5.53 Å². The van der Waals surface area contributed by atoms with Crippen LogP contribution in [0.3, 0.4) is 0 Å². The molecule has 0 aliphatic rings. The Morgan fingerprint density at radius 3 is 2.83 bits per heavy atom. The van der Waals surface area contributed by atoms with Gasteiger partial charge in [-0.25, -0.2) is 0 Å². The number of fused-ring (bicyclic) bond motifs is 1. The van der Waals surface area contributed by atoms with Crippen molar-refractivity contribution in [3.63, 3.8) is 0 Å². The van der Waals surface area contributed by atoms with Gasteiger partial charge >= 0.3 is 0 Å². The van der Waals surface area contributed by atoms with Crippen LogP contribution >= 0.6 is 0 Å². The summed E-state index contributed by atoms with van der Waals surface area (Å²) in [7, 11) is 0. The normalized spacial score (nSPS) is 13.9. The first-order valence-electron chi connectivity index (χ1n) is 5.44. The van der Waals surface area contributed by atoms with E-state index < -0.39 is 12.2 Å². The number of aliphatic hydroxyl groups is 2. The van der Waals surface area contributed by atoms with E-state index in [2.05, 4.69) is 15.0 Å². The summed E-state index contributed by atoms with van der Waals surface area (Å²) < 4.78 is 0. The molecule has 2 rings (SSSR count). The van der Waals surface area contributed by atoms with Crippen LogP contribution in [-0.4, -0.2) is 27.8 Å². The van der Waals surface area contributed by atoms with Gasteiger partial charge in [0.15, 0.2) is 0 Å². The maximum Gasteiger partial charge on any atom is 0.106 e. The topological polar surface area (TPSA) is 102 Å². The Bertz CT molecular complexity index is 590. The highest BCUT2D eigenvalue weighted by atomic mass is 16.3. The maximum atomic E-state index is 10.1. The highest BCUT2D eigenvalue weighted by Crippen LogP contribution is 2.25. The predicted molar refractivity (Wildman–Crippen MR) is 66.7 cm³/mol. The number of azide groups is 1. The van der Waals surface area contributed by atoms with Crippen LogP contribution in [0.25, 0.3) is 21.3 Å². The summed E-state index contributed by atoms with van der Waals surface area (Å²) in [6.45, 7) is -0.172. The van der Waals surface area contributed by atoms with E-state index >= 15 is 0 Å². The minimum Gasteiger partial charge on any atom is -0.390 e. The molecule has 0 saturated carbocycles. The molecular weight excluding hydrogens is 232 g/mol. The molecule has 2 atom stereocenters. The van der Waals surface area contributed by atoms with Gasteiger partial charge < -0.3 is 10.2 Å². The Balaban J connectivity index is 2.38. The lowest BCUT2D eigenvalue weighted by molar-refractivity contribution is 0.0253. The van der Waals surface area contributed by atoms with E-state index in [0.717, 1.165) is 10.9 Å². The lowest BCUT2D eigenvalue weighted by Crippen LogP contribution is -2.21. The van der Waals surface area contributed by atoms with Gasteiger partial charge in [0, 0.05) is 16.5 Å². The van der Waals surface area contributed by atoms with E-state index in [1.54, 1.807) is 12.3 Å². The average molecular weight is 244 g/mol. The summed E-state index contributed by atoms with van der Waals surface area (Å²) >= 11 is 0. The Morgan fingerprint density at radius 2 is 2.06 bits per heavy atom. The van der Waals surface area contributed by atoms with Crippen molar-refractivity contribution in [2.75, 3.05) is 6.54 Å². The van der Waals surface area contributed by atoms with Crippen LogP contribution < -0.4 is 0 Å². The second-order valence-electron chi connectivity index (χ2n) is 3.84. The van der Waals surface area contributed by atoms with Gasteiger partial charge in [0.05, 0.1) is 18.2 Å². The number of aromatic nitrogens is 1. The zero-order valence-electron chi connectivity index (χ0n) is 9.51. The number of hydrogen-bond acceptors (Lipinski definition) is 4. The molecule has 1 aromatic heterocycles. The van der Waals surface area contributed by atoms with Crippen LogP contribution in [0.2, 0.25) is 0 Å². The van der Waals surface area contributed by atoms with Crippen molar-refractivity contribution in [2.45, 2.75) is 12.2 Å². The van der Waals surface area contributed by atoms with Crippen molar-refractivity contribution < 1.29 is 10.2 Å². The Kier molecular flexibility index (Phi) is 3.74. The van der Waals surface area contributed by atoms with Gasteiger partial charge in [-0.05, 0) is 23.2 Å². The smallest absolute Gasteiger partial charge is 0.106 e. The molecule has 6 heteroatoms. The fraction of sp³-hybridized carbons (Fsp3) is 0.250. The molecule has 0 bridgehead atoms. The fourth-order valence-corrected chi connectivity index (χ4v) is 1.80. The zero-order chi connectivity index (χ0) is 13.0. The summed E-state index contributed by atoms with van der Waals surface area (Å²) in [5, 5.41) is 23.8. The molecule has 2 N–H and O–H groups in total.